The topological polar surface area (TPSA) is 56.8 Å². The number of carbonyl (C=O) groups excluding carboxylic acids is 1. The van der Waals surface area contributed by atoms with E-state index in [4.69, 9.17) is 14.2 Å². The molecule has 1 N–H and O–H groups in total. The minimum atomic E-state index is -0.441. The van der Waals surface area contributed by atoms with Crippen molar-refractivity contribution < 1.29 is 19.0 Å². The zero-order valence-corrected chi connectivity index (χ0v) is 7.04. The van der Waals surface area contributed by atoms with Gasteiger partial charge in [-0.05, 0) is 0 Å². The Morgan fingerprint density at radius 2 is 2.50 bits per heavy atom. The zero-order chi connectivity index (χ0) is 8.81. The Bertz CT molecular complexity index is 144. The van der Waals surface area contributed by atoms with E-state index in [0.29, 0.717) is 19.8 Å². The monoisotopic (exact) mass is 175 g/mol. The van der Waals surface area contributed by atoms with Gasteiger partial charge in [0.1, 0.15) is 12.7 Å². The van der Waals surface area contributed by atoms with Crippen molar-refractivity contribution in [1.82, 2.24) is 5.32 Å². The van der Waals surface area contributed by atoms with Gasteiger partial charge in [0.15, 0.2) is 0 Å². The molecule has 1 aliphatic rings. The second kappa shape index (κ2) is 4.95. The van der Waals surface area contributed by atoms with Crippen LogP contribution in [-0.4, -0.2) is 45.7 Å². The maximum absolute atomic E-state index is 10.6. The van der Waals surface area contributed by atoms with Gasteiger partial charge in [0.05, 0.1) is 19.8 Å². The lowest BCUT2D eigenvalue weighted by Crippen LogP contribution is -2.34. The fraction of sp³-hybridized carbons (Fsp3) is 0.857. The van der Waals surface area contributed by atoms with Gasteiger partial charge in [0.2, 0.25) is 0 Å². The molecule has 70 valence electrons. The van der Waals surface area contributed by atoms with Crippen LogP contribution in [0.1, 0.15) is 0 Å². The lowest BCUT2D eigenvalue weighted by molar-refractivity contribution is -0.105. The summed E-state index contributed by atoms with van der Waals surface area (Å²) in [5, 5.41) is 2.35. The number of hydrogen-bond acceptors (Lipinski definition) is 4. The van der Waals surface area contributed by atoms with Crippen LogP contribution in [0.15, 0.2) is 0 Å². The van der Waals surface area contributed by atoms with Crippen LogP contribution in [0.3, 0.4) is 0 Å². The summed E-state index contributed by atoms with van der Waals surface area (Å²) in [5.41, 5.74) is 0. The summed E-state index contributed by atoms with van der Waals surface area (Å²) in [4.78, 5) is 10.6. The number of alkyl carbamates (subject to hydrolysis) is 1. The van der Waals surface area contributed by atoms with E-state index in [0.717, 1.165) is 0 Å². The van der Waals surface area contributed by atoms with Crippen LogP contribution in [0.25, 0.3) is 0 Å². The summed E-state index contributed by atoms with van der Waals surface area (Å²) in [6, 6.07) is 0. The highest BCUT2D eigenvalue weighted by atomic mass is 16.6. The summed E-state index contributed by atoms with van der Waals surface area (Å²) in [7, 11) is 1.51. The van der Waals surface area contributed by atoms with Crippen LogP contribution < -0.4 is 5.32 Å². The molecule has 1 amide bonds. The fourth-order valence-corrected chi connectivity index (χ4v) is 0.874. The minimum absolute atomic E-state index is 0.115. The predicted molar refractivity (Wildman–Crippen MR) is 41.0 cm³/mol. The average molecular weight is 175 g/mol. The molecule has 12 heavy (non-hydrogen) atoms. The lowest BCUT2D eigenvalue weighted by atomic mass is 10.4. The number of nitrogens with one attached hydrogen (secondary N) is 1. The Morgan fingerprint density at radius 3 is 3.08 bits per heavy atom. The van der Waals surface area contributed by atoms with Crippen molar-refractivity contribution >= 4 is 6.09 Å². The van der Waals surface area contributed by atoms with Crippen molar-refractivity contribution in [3.05, 3.63) is 0 Å². The molecule has 1 rings (SSSR count). The van der Waals surface area contributed by atoms with Crippen LogP contribution in [0.2, 0.25) is 0 Å². The first-order chi connectivity index (χ1) is 5.83. The van der Waals surface area contributed by atoms with E-state index in [1.54, 1.807) is 0 Å². The van der Waals surface area contributed by atoms with E-state index >= 15 is 0 Å². The highest BCUT2D eigenvalue weighted by Crippen LogP contribution is 2.00. The normalized spacial score (nSPS) is 23.2. The summed E-state index contributed by atoms with van der Waals surface area (Å²) < 4.78 is 15.1. The minimum Gasteiger partial charge on any atom is -0.447 e. The molecule has 0 bridgehead atoms. The van der Waals surface area contributed by atoms with Gasteiger partial charge in [-0.1, -0.05) is 0 Å². The van der Waals surface area contributed by atoms with Crippen molar-refractivity contribution in [2.24, 2.45) is 0 Å². The fourth-order valence-electron chi connectivity index (χ4n) is 0.874. The molecule has 1 atom stereocenters. The second-order valence-electron chi connectivity index (χ2n) is 2.42. The van der Waals surface area contributed by atoms with Crippen molar-refractivity contribution in [2.75, 3.05) is 33.5 Å². The highest BCUT2D eigenvalue weighted by molar-refractivity contribution is 5.66. The van der Waals surface area contributed by atoms with Crippen LogP contribution in [-0.2, 0) is 14.2 Å². The van der Waals surface area contributed by atoms with Gasteiger partial charge in [0, 0.05) is 7.05 Å². The third-order valence-electron chi connectivity index (χ3n) is 1.49. The van der Waals surface area contributed by atoms with E-state index < -0.39 is 6.09 Å². The number of carbonyl (C=O) groups is 1. The largest absolute Gasteiger partial charge is 0.447 e. The molecule has 1 fully saturated rings. The Balaban J connectivity index is 2.09. The summed E-state index contributed by atoms with van der Waals surface area (Å²) in [6.45, 7) is 1.94. The maximum Gasteiger partial charge on any atom is 0.406 e. The summed E-state index contributed by atoms with van der Waals surface area (Å²) >= 11 is 0. The highest BCUT2D eigenvalue weighted by Gasteiger charge is 2.15. The van der Waals surface area contributed by atoms with Crippen LogP contribution in [0, 0.1) is 0 Å². The molecule has 0 aliphatic carbocycles. The molecule has 5 heteroatoms. The van der Waals surface area contributed by atoms with Gasteiger partial charge in [-0.3, -0.25) is 0 Å². The Kier molecular flexibility index (Phi) is 3.83. The lowest BCUT2D eigenvalue weighted by Gasteiger charge is -2.22. The van der Waals surface area contributed by atoms with E-state index in [2.05, 4.69) is 5.32 Å². The van der Waals surface area contributed by atoms with Gasteiger partial charge in [-0.25, -0.2) is 4.79 Å². The quantitative estimate of drug-likeness (QED) is 0.629. The zero-order valence-electron chi connectivity index (χ0n) is 7.04. The molecule has 1 heterocycles. The molecule has 1 unspecified atom stereocenters. The van der Waals surface area contributed by atoms with Crippen LogP contribution in [0.5, 0.6) is 0 Å². The molecular formula is C7H13NO4. The predicted octanol–water partition coefficient (Wildman–Crippen LogP) is -0.242. The first kappa shape index (κ1) is 9.28. The third kappa shape index (κ3) is 3.06. The van der Waals surface area contributed by atoms with Gasteiger partial charge in [0.25, 0.3) is 0 Å². The smallest absolute Gasteiger partial charge is 0.406 e. The van der Waals surface area contributed by atoms with E-state index in [1.165, 1.54) is 7.05 Å². The van der Waals surface area contributed by atoms with Gasteiger partial charge in [-0.15, -0.1) is 0 Å². The van der Waals surface area contributed by atoms with Gasteiger partial charge in [-0.2, -0.15) is 0 Å². The molecule has 0 radical (unpaired) electrons. The molecule has 0 aromatic carbocycles. The third-order valence-corrected chi connectivity index (χ3v) is 1.49. The van der Waals surface area contributed by atoms with E-state index in [1.807, 2.05) is 0 Å². The van der Waals surface area contributed by atoms with Crippen molar-refractivity contribution in [1.29, 1.82) is 0 Å². The maximum atomic E-state index is 10.6. The van der Waals surface area contributed by atoms with Crippen molar-refractivity contribution in [3.8, 4) is 0 Å². The van der Waals surface area contributed by atoms with Gasteiger partial charge < -0.3 is 19.5 Å². The second-order valence-corrected chi connectivity index (χ2v) is 2.42. The SMILES string of the molecule is CNC(=O)OCC1COCCO1. The molecule has 0 spiro atoms. The summed E-state index contributed by atoms with van der Waals surface area (Å²) in [6.07, 6.45) is -0.555. The van der Waals surface area contributed by atoms with E-state index in [-0.39, 0.29) is 12.7 Å². The Hall–Kier alpha value is -0.810. The Labute approximate surface area is 71.0 Å². The standard InChI is InChI=1S/C7H13NO4/c1-8-7(9)12-5-6-4-10-2-3-11-6/h6H,2-5H2,1H3,(H,8,9). The van der Waals surface area contributed by atoms with E-state index in [9.17, 15) is 4.79 Å². The Morgan fingerprint density at radius 1 is 1.67 bits per heavy atom. The first-order valence-corrected chi connectivity index (χ1v) is 3.87. The van der Waals surface area contributed by atoms with Crippen molar-refractivity contribution in [2.45, 2.75) is 6.10 Å². The van der Waals surface area contributed by atoms with Crippen LogP contribution in [0.4, 0.5) is 4.79 Å². The molecule has 1 aliphatic heterocycles. The molecule has 0 saturated carbocycles. The van der Waals surface area contributed by atoms with Gasteiger partial charge >= 0.3 is 6.09 Å². The average Bonchev–Trinajstić information content (AvgIpc) is 2.16. The first-order valence-electron chi connectivity index (χ1n) is 3.87. The van der Waals surface area contributed by atoms with Crippen LogP contribution >= 0.6 is 0 Å². The molecule has 0 aromatic heterocycles. The number of rotatable bonds is 2. The molecular weight excluding hydrogens is 162 g/mol. The number of hydrogen-bond donors (Lipinski definition) is 1. The number of ether oxygens (including phenoxy) is 3. The molecule has 0 aromatic rings. The number of amides is 1. The molecule has 5 nitrogen and oxygen atoms in total. The molecule has 1 saturated heterocycles. The van der Waals surface area contributed by atoms with Crippen molar-refractivity contribution in [3.63, 3.8) is 0 Å². The summed E-state index contributed by atoms with van der Waals surface area (Å²) in [5.74, 6) is 0.